The summed E-state index contributed by atoms with van der Waals surface area (Å²) in [5.41, 5.74) is 6.96. The van der Waals surface area contributed by atoms with Crippen molar-refractivity contribution in [3.05, 3.63) is 11.4 Å². The maximum absolute atomic E-state index is 11.8. The molecule has 1 rings (SSSR count). The van der Waals surface area contributed by atoms with Crippen molar-refractivity contribution in [3.8, 4) is 0 Å². The van der Waals surface area contributed by atoms with E-state index < -0.39 is 17.9 Å². The highest BCUT2D eigenvalue weighted by atomic mass is 16.5. The Labute approximate surface area is 105 Å². The van der Waals surface area contributed by atoms with E-state index >= 15 is 0 Å². The molecule has 0 aliphatic carbocycles. The number of nitrogens with two attached hydrogens (primary N) is 1. The molecule has 0 aromatic carbocycles. The number of carbonyl (C=O) groups is 2. The molecule has 0 aliphatic rings. The summed E-state index contributed by atoms with van der Waals surface area (Å²) < 4.78 is 4.51. The number of esters is 1. The Morgan fingerprint density at radius 1 is 1.56 bits per heavy atom. The van der Waals surface area contributed by atoms with E-state index in [0.29, 0.717) is 5.69 Å². The zero-order valence-corrected chi connectivity index (χ0v) is 10.7. The van der Waals surface area contributed by atoms with Gasteiger partial charge in [-0.1, -0.05) is 13.3 Å². The maximum Gasteiger partial charge on any atom is 0.328 e. The van der Waals surface area contributed by atoms with Crippen LogP contribution in [0.2, 0.25) is 0 Å². The molecule has 1 heterocycles. The van der Waals surface area contributed by atoms with Crippen LogP contribution < -0.4 is 11.1 Å². The van der Waals surface area contributed by atoms with Gasteiger partial charge in [0.15, 0.2) is 5.69 Å². The van der Waals surface area contributed by atoms with Crippen molar-refractivity contribution in [2.45, 2.75) is 32.7 Å². The predicted octanol–water partition coefficient (Wildman–Crippen LogP) is 0.236. The van der Waals surface area contributed by atoms with Crippen molar-refractivity contribution in [2.75, 3.05) is 12.8 Å². The zero-order chi connectivity index (χ0) is 13.7. The zero-order valence-electron chi connectivity index (χ0n) is 10.7. The molecule has 0 saturated carbocycles. The Morgan fingerprint density at radius 3 is 2.78 bits per heavy atom. The SMILES string of the molecule is CCCc1[nH]nc(C(=O)NC(C)C(=O)OC)c1N. The highest BCUT2D eigenvalue weighted by Gasteiger charge is 2.21. The number of hydrogen-bond acceptors (Lipinski definition) is 5. The first-order chi connectivity index (χ1) is 8.51. The molecule has 1 aromatic heterocycles. The molecule has 0 spiro atoms. The highest BCUT2D eigenvalue weighted by Crippen LogP contribution is 2.15. The van der Waals surface area contributed by atoms with Crippen molar-refractivity contribution in [3.63, 3.8) is 0 Å². The number of amides is 1. The Kier molecular flexibility index (Phi) is 4.70. The fourth-order valence-corrected chi connectivity index (χ4v) is 1.50. The number of carbonyl (C=O) groups excluding carboxylic acids is 2. The lowest BCUT2D eigenvalue weighted by molar-refractivity contribution is -0.142. The smallest absolute Gasteiger partial charge is 0.328 e. The Balaban J connectivity index is 2.76. The van der Waals surface area contributed by atoms with Crippen LogP contribution in [-0.2, 0) is 16.0 Å². The molecular weight excluding hydrogens is 236 g/mol. The van der Waals surface area contributed by atoms with E-state index in [1.807, 2.05) is 6.92 Å². The molecule has 7 nitrogen and oxygen atoms in total. The third-order valence-electron chi connectivity index (χ3n) is 2.50. The summed E-state index contributed by atoms with van der Waals surface area (Å²) in [5, 5.41) is 9.05. The van der Waals surface area contributed by atoms with E-state index in [9.17, 15) is 9.59 Å². The van der Waals surface area contributed by atoms with Gasteiger partial charge in [-0.15, -0.1) is 0 Å². The summed E-state index contributed by atoms with van der Waals surface area (Å²) >= 11 is 0. The third-order valence-corrected chi connectivity index (χ3v) is 2.50. The van der Waals surface area contributed by atoms with E-state index in [0.717, 1.165) is 18.5 Å². The van der Waals surface area contributed by atoms with Gasteiger partial charge in [-0.25, -0.2) is 4.79 Å². The number of nitrogens with one attached hydrogen (secondary N) is 2. The third kappa shape index (κ3) is 2.99. The van der Waals surface area contributed by atoms with Crippen molar-refractivity contribution in [1.82, 2.24) is 15.5 Å². The Morgan fingerprint density at radius 2 is 2.22 bits per heavy atom. The van der Waals surface area contributed by atoms with Crippen LogP contribution >= 0.6 is 0 Å². The lowest BCUT2D eigenvalue weighted by Gasteiger charge is -2.10. The fraction of sp³-hybridized carbons (Fsp3) is 0.545. The second-order valence-corrected chi connectivity index (χ2v) is 3.93. The molecular formula is C11H18N4O3. The number of aromatic nitrogens is 2. The summed E-state index contributed by atoms with van der Waals surface area (Å²) in [4.78, 5) is 23.0. The number of methoxy groups -OCH3 is 1. The lowest BCUT2D eigenvalue weighted by Crippen LogP contribution is -2.39. The van der Waals surface area contributed by atoms with E-state index in [2.05, 4.69) is 20.3 Å². The van der Waals surface area contributed by atoms with Crippen molar-refractivity contribution < 1.29 is 14.3 Å². The van der Waals surface area contributed by atoms with E-state index in [-0.39, 0.29) is 5.69 Å². The number of rotatable bonds is 5. The van der Waals surface area contributed by atoms with Crippen molar-refractivity contribution in [1.29, 1.82) is 0 Å². The molecule has 0 radical (unpaired) electrons. The predicted molar refractivity (Wildman–Crippen MR) is 65.9 cm³/mol. The van der Waals surface area contributed by atoms with Gasteiger partial charge in [0.25, 0.3) is 5.91 Å². The second-order valence-electron chi connectivity index (χ2n) is 3.93. The van der Waals surface area contributed by atoms with Crippen LogP contribution in [0.3, 0.4) is 0 Å². The average Bonchev–Trinajstić information content (AvgIpc) is 2.70. The standard InChI is InChI=1S/C11H18N4O3/c1-4-5-7-8(12)9(15-14-7)10(16)13-6(2)11(17)18-3/h6H,4-5,12H2,1-3H3,(H,13,16)(H,14,15). The molecule has 100 valence electrons. The van der Waals surface area contributed by atoms with Gasteiger partial charge in [0.05, 0.1) is 18.5 Å². The number of H-pyrrole nitrogens is 1. The van der Waals surface area contributed by atoms with Crippen LogP contribution in [0.4, 0.5) is 5.69 Å². The molecule has 1 aromatic rings. The number of nitrogens with zero attached hydrogens (tertiary/aromatic N) is 1. The highest BCUT2D eigenvalue weighted by molar-refractivity contribution is 5.99. The van der Waals surface area contributed by atoms with Crippen molar-refractivity contribution >= 4 is 17.6 Å². The number of aromatic amines is 1. The minimum atomic E-state index is -0.742. The number of anilines is 1. The Bertz CT molecular complexity index is 441. The molecule has 1 unspecified atom stereocenters. The van der Waals surface area contributed by atoms with Crippen LogP contribution in [-0.4, -0.2) is 35.2 Å². The maximum atomic E-state index is 11.8. The summed E-state index contributed by atoms with van der Waals surface area (Å²) in [6, 6.07) is -0.742. The second kappa shape index (κ2) is 6.04. The van der Waals surface area contributed by atoms with Crippen molar-refractivity contribution in [2.24, 2.45) is 0 Å². The van der Waals surface area contributed by atoms with Crippen LogP contribution in [0.25, 0.3) is 0 Å². The number of hydrogen-bond donors (Lipinski definition) is 3. The van der Waals surface area contributed by atoms with Gasteiger partial charge in [-0.2, -0.15) is 5.10 Å². The first kappa shape index (κ1) is 14.0. The molecule has 0 fully saturated rings. The van der Waals surface area contributed by atoms with Crippen LogP contribution in [0.1, 0.15) is 36.5 Å². The summed E-state index contributed by atoms with van der Waals surface area (Å²) in [6.45, 7) is 3.53. The molecule has 7 heteroatoms. The summed E-state index contributed by atoms with van der Waals surface area (Å²) in [5.74, 6) is -1.02. The van der Waals surface area contributed by atoms with Gasteiger partial charge < -0.3 is 15.8 Å². The van der Waals surface area contributed by atoms with Crippen LogP contribution in [0, 0.1) is 0 Å². The molecule has 4 N–H and O–H groups in total. The Hall–Kier alpha value is -2.05. The largest absolute Gasteiger partial charge is 0.467 e. The van der Waals surface area contributed by atoms with Crippen LogP contribution in [0.5, 0.6) is 0 Å². The van der Waals surface area contributed by atoms with Gasteiger partial charge in [0.2, 0.25) is 0 Å². The molecule has 1 atom stereocenters. The van der Waals surface area contributed by atoms with E-state index in [1.54, 1.807) is 0 Å². The summed E-state index contributed by atoms with van der Waals surface area (Å²) in [6.07, 6.45) is 1.62. The van der Waals surface area contributed by atoms with Gasteiger partial charge in [0.1, 0.15) is 6.04 Å². The molecule has 0 saturated heterocycles. The fourth-order valence-electron chi connectivity index (χ4n) is 1.50. The number of ether oxygens (including phenoxy) is 1. The molecule has 0 aliphatic heterocycles. The van der Waals surface area contributed by atoms with Gasteiger partial charge >= 0.3 is 5.97 Å². The first-order valence-corrected chi connectivity index (χ1v) is 5.72. The molecule has 0 bridgehead atoms. The number of nitrogen functional groups attached to an aromatic ring is 1. The minimum Gasteiger partial charge on any atom is -0.467 e. The minimum absolute atomic E-state index is 0.106. The average molecular weight is 254 g/mol. The van der Waals surface area contributed by atoms with Gasteiger partial charge in [0, 0.05) is 0 Å². The molecule has 18 heavy (non-hydrogen) atoms. The van der Waals surface area contributed by atoms with Gasteiger partial charge in [-0.05, 0) is 13.3 Å². The topological polar surface area (TPSA) is 110 Å². The van der Waals surface area contributed by atoms with E-state index in [4.69, 9.17) is 5.73 Å². The quantitative estimate of drug-likeness (QED) is 0.652. The molecule has 1 amide bonds. The van der Waals surface area contributed by atoms with Gasteiger partial charge in [-0.3, -0.25) is 9.89 Å². The normalized spacial score (nSPS) is 11.9. The lowest BCUT2D eigenvalue weighted by atomic mass is 10.2. The number of aryl methyl sites for hydroxylation is 1. The van der Waals surface area contributed by atoms with E-state index in [1.165, 1.54) is 14.0 Å². The monoisotopic (exact) mass is 254 g/mol. The van der Waals surface area contributed by atoms with Crippen LogP contribution in [0.15, 0.2) is 0 Å². The first-order valence-electron chi connectivity index (χ1n) is 5.72. The summed E-state index contributed by atoms with van der Waals surface area (Å²) in [7, 11) is 1.26.